The van der Waals surface area contributed by atoms with Crippen LogP contribution in [-0.4, -0.2) is 52.9 Å². The third-order valence-electron chi connectivity index (χ3n) is 15.2. The molecule has 0 radical (unpaired) electrons. The van der Waals surface area contributed by atoms with Gasteiger partial charge in [0, 0.05) is 81.7 Å². The molecule has 0 aliphatic rings. The van der Waals surface area contributed by atoms with E-state index in [1.54, 1.807) is 48.5 Å². The molecule has 2 amide bonds. The number of carboxylic acids is 2. The highest BCUT2D eigenvalue weighted by molar-refractivity contribution is 6.01. The van der Waals surface area contributed by atoms with Gasteiger partial charge in [-0.2, -0.15) is 0 Å². The maximum absolute atomic E-state index is 13.1. The normalized spacial score (nSPS) is 11.8. The van der Waals surface area contributed by atoms with Crippen molar-refractivity contribution in [1.82, 2.24) is 19.8 Å². The number of non-ortho nitro benzene ring substituents is 2. The van der Waals surface area contributed by atoms with Gasteiger partial charge in [0.25, 0.3) is 23.2 Å². The monoisotopic (exact) mass is 1090 g/mol. The second-order valence-electron chi connectivity index (χ2n) is 20.2. The highest BCUT2D eigenvalue weighted by Gasteiger charge is 2.20. The van der Waals surface area contributed by atoms with Gasteiger partial charge in [-0.25, -0.2) is 9.59 Å². The number of carbonyl (C=O) groups is 4. The van der Waals surface area contributed by atoms with Crippen LogP contribution in [0, 0.1) is 47.9 Å². The number of carboxylic acid groups (broad SMARTS) is 2. The molecule has 0 saturated carbocycles. The van der Waals surface area contributed by atoms with Crippen molar-refractivity contribution in [2.24, 2.45) is 0 Å². The number of fused-ring (bicyclic) bond motifs is 2. The van der Waals surface area contributed by atoms with Gasteiger partial charge >= 0.3 is 11.9 Å². The van der Waals surface area contributed by atoms with Crippen molar-refractivity contribution in [2.45, 2.75) is 66.7 Å². The molecule has 2 atom stereocenters. The molecule has 82 heavy (non-hydrogen) atoms. The number of aryl methyl sites for hydroxylation is 2. The first-order valence-corrected chi connectivity index (χ1v) is 26.4. The highest BCUT2D eigenvalue weighted by Crippen LogP contribution is 2.32. The van der Waals surface area contributed by atoms with E-state index in [-0.39, 0.29) is 46.4 Å². The van der Waals surface area contributed by atoms with Crippen molar-refractivity contribution in [3.63, 3.8) is 0 Å². The summed E-state index contributed by atoms with van der Waals surface area (Å²) in [5.74, 6) is -2.36. The standard InChI is InChI=1S/2C33H29N3O5/c2*1-20-22(3)35(19-23-8-10-25(11-9-23)28-6-4-5-7-29(28)33(38)39)31-17-14-26(18-30(20)31)32(37)34-21(2)24-12-15-27(16-13-24)36(40)41/h2*4-18,21H,19H2,1-3H3,(H,34,37)(H,38,39)/t2*21-/m00/s1. The van der Waals surface area contributed by atoms with Gasteiger partial charge in [0.15, 0.2) is 0 Å². The van der Waals surface area contributed by atoms with Gasteiger partial charge < -0.3 is 30.0 Å². The number of aromatic carboxylic acids is 2. The molecule has 0 fully saturated rings. The molecule has 2 heterocycles. The van der Waals surface area contributed by atoms with E-state index in [0.29, 0.717) is 35.3 Å². The van der Waals surface area contributed by atoms with Crippen molar-refractivity contribution in [3.8, 4) is 22.3 Å². The number of nitro benzene ring substituents is 2. The lowest BCUT2D eigenvalue weighted by molar-refractivity contribution is -0.385. The molecule has 0 spiro atoms. The van der Waals surface area contributed by atoms with Crippen LogP contribution in [0.15, 0.2) is 182 Å². The molecule has 0 bridgehead atoms. The Bertz CT molecular complexity index is 3840. The number of aromatic nitrogens is 2. The van der Waals surface area contributed by atoms with Crippen molar-refractivity contribution in [3.05, 3.63) is 269 Å². The smallest absolute Gasteiger partial charge is 0.336 e. The van der Waals surface area contributed by atoms with E-state index in [2.05, 4.69) is 33.6 Å². The largest absolute Gasteiger partial charge is 0.478 e. The molecular weight excluding hydrogens is 1040 g/mol. The quantitative estimate of drug-likeness (QED) is 0.0528. The number of hydrogen-bond acceptors (Lipinski definition) is 8. The molecule has 10 aromatic rings. The Morgan fingerprint density at radius 1 is 0.476 bits per heavy atom. The van der Waals surface area contributed by atoms with E-state index < -0.39 is 21.8 Å². The lowest BCUT2D eigenvalue weighted by atomic mass is 9.99. The summed E-state index contributed by atoms with van der Waals surface area (Å²) in [5, 5.41) is 48.9. The molecular formula is C66H58N6O10. The number of carbonyl (C=O) groups excluding carboxylic acids is 2. The highest BCUT2D eigenvalue weighted by atomic mass is 16.6. The van der Waals surface area contributed by atoms with Crippen LogP contribution in [0.2, 0.25) is 0 Å². The zero-order valence-electron chi connectivity index (χ0n) is 45.8. The lowest BCUT2D eigenvalue weighted by Gasteiger charge is -2.14. The minimum Gasteiger partial charge on any atom is -0.478 e. The van der Waals surface area contributed by atoms with Crippen molar-refractivity contribution < 1.29 is 39.2 Å². The minimum absolute atomic E-state index is 0.00699. The van der Waals surface area contributed by atoms with E-state index in [4.69, 9.17) is 0 Å². The average Bonchev–Trinajstić information content (AvgIpc) is 4.13. The van der Waals surface area contributed by atoms with Gasteiger partial charge in [0.05, 0.1) is 33.1 Å². The molecule has 0 aliphatic heterocycles. The maximum Gasteiger partial charge on any atom is 0.336 e. The van der Waals surface area contributed by atoms with Gasteiger partial charge in [-0.15, -0.1) is 0 Å². The summed E-state index contributed by atoms with van der Waals surface area (Å²) in [7, 11) is 0. The molecule has 0 saturated heterocycles. The summed E-state index contributed by atoms with van der Waals surface area (Å²) in [6.45, 7) is 13.1. The van der Waals surface area contributed by atoms with Gasteiger partial charge in [0.1, 0.15) is 0 Å². The van der Waals surface area contributed by atoms with Crippen molar-refractivity contribution in [2.75, 3.05) is 0 Å². The van der Waals surface area contributed by atoms with E-state index in [0.717, 1.165) is 77.7 Å². The average molecular weight is 1100 g/mol. The summed E-state index contributed by atoms with van der Waals surface area (Å²) < 4.78 is 4.43. The van der Waals surface area contributed by atoms with Crippen LogP contribution in [0.4, 0.5) is 11.4 Å². The third-order valence-corrected chi connectivity index (χ3v) is 15.2. The van der Waals surface area contributed by atoms with Crippen LogP contribution in [0.3, 0.4) is 0 Å². The molecule has 16 heteroatoms. The fourth-order valence-electron chi connectivity index (χ4n) is 10.3. The number of nitro groups is 2. The number of rotatable bonds is 16. The fraction of sp³-hybridized carbons (Fsp3) is 0.152. The van der Waals surface area contributed by atoms with Crippen molar-refractivity contribution in [1.29, 1.82) is 0 Å². The van der Waals surface area contributed by atoms with Gasteiger partial charge in [0.2, 0.25) is 0 Å². The summed E-state index contributed by atoms with van der Waals surface area (Å²) in [6, 6.07) is 52.8. The van der Waals surface area contributed by atoms with Crippen LogP contribution in [-0.2, 0) is 13.1 Å². The van der Waals surface area contributed by atoms with Crippen LogP contribution in [0.25, 0.3) is 44.1 Å². The predicted molar refractivity (Wildman–Crippen MR) is 317 cm³/mol. The summed E-state index contributed by atoms with van der Waals surface area (Å²) in [6.07, 6.45) is 0. The lowest BCUT2D eigenvalue weighted by Crippen LogP contribution is -2.26. The molecule has 0 aliphatic carbocycles. The maximum atomic E-state index is 13.1. The zero-order chi connectivity index (χ0) is 58.5. The summed E-state index contributed by atoms with van der Waals surface area (Å²) in [4.78, 5) is 70.4. The molecule has 8 aromatic carbocycles. The Morgan fingerprint density at radius 2 is 0.817 bits per heavy atom. The topological polar surface area (TPSA) is 229 Å². The molecule has 10 rings (SSSR count). The summed E-state index contributed by atoms with van der Waals surface area (Å²) >= 11 is 0. The Morgan fingerprint density at radius 3 is 1.15 bits per heavy atom. The number of amides is 2. The van der Waals surface area contributed by atoms with E-state index in [1.165, 1.54) is 24.3 Å². The predicted octanol–water partition coefficient (Wildman–Crippen LogP) is 14.1. The number of hydrogen-bond donors (Lipinski definition) is 4. The van der Waals surface area contributed by atoms with E-state index in [1.807, 2.05) is 137 Å². The Kier molecular flexibility index (Phi) is 16.4. The molecule has 4 N–H and O–H groups in total. The van der Waals surface area contributed by atoms with Gasteiger partial charge in [-0.05, 0) is 146 Å². The second-order valence-corrected chi connectivity index (χ2v) is 20.2. The van der Waals surface area contributed by atoms with Crippen LogP contribution in [0.1, 0.15) is 112 Å². The number of nitrogens with one attached hydrogen (secondary N) is 2. The Hall–Kier alpha value is -10.5. The fourth-order valence-corrected chi connectivity index (χ4v) is 10.3. The Labute approximate surface area is 472 Å². The molecule has 0 unspecified atom stereocenters. The number of benzene rings is 8. The van der Waals surface area contributed by atoms with Gasteiger partial charge in [-0.3, -0.25) is 29.8 Å². The molecule has 16 nitrogen and oxygen atoms in total. The van der Waals surface area contributed by atoms with Crippen molar-refractivity contribution >= 4 is 56.9 Å². The first-order valence-electron chi connectivity index (χ1n) is 26.4. The van der Waals surface area contributed by atoms with Gasteiger partial charge in [-0.1, -0.05) is 109 Å². The third kappa shape index (κ3) is 11.9. The molecule has 2 aromatic heterocycles. The SMILES string of the molecule is Cc1c(C)n(Cc2ccc(-c3ccccc3C(=O)O)cc2)c2ccc(C(=O)N[C@@H](C)c3ccc([N+](=O)[O-])cc3)cc12.Cc1c(C)n(Cc2ccc(-c3ccccc3C(=O)O)cc2)c2ccc(C(=O)N[C@@H](C)c3ccc([N+](=O)[O-])cc3)cc12. The number of nitrogens with zero attached hydrogens (tertiary/aromatic N) is 4. The van der Waals surface area contributed by atoms with E-state index in [9.17, 15) is 49.6 Å². The van der Waals surface area contributed by atoms with Crippen LogP contribution in [0.5, 0.6) is 0 Å². The van der Waals surface area contributed by atoms with Crippen LogP contribution < -0.4 is 10.6 Å². The first kappa shape index (κ1) is 56.2. The second kappa shape index (κ2) is 23.9. The molecule has 412 valence electrons. The Balaban J connectivity index is 0.000000198. The van der Waals surface area contributed by atoms with E-state index >= 15 is 0 Å². The summed E-state index contributed by atoms with van der Waals surface area (Å²) in [5.41, 5.74) is 14.8. The first-order chi connectivity index (χ1) is 39.3. The zero-order valence-corrected chi connectivity index (χ0v) is 45.8. The minimum atomic E-state index is -0.955. The van der Waals surface area contributed by atoms with Crippen LogP contribution >= 0.6 is 0 Å².